The third-order valence-corrected chi connectivity index (χ3v) is 11.6. The molecular weight excluding hydrogens is 846 g/mol. The Morgan fingerprint density at radius 3 is 2.35 bits per heavy atom. The molecular formula is C26H41LiN7O19P3S. The van der Waals surface area contributed by atoms with E-state index in [9.17, 15) is 67.8 Å². The molecule has 26 nitrogen and oxygen atoms in total. The number of fused-ring (bicyclic) bond motifs is 1. The average Bonchev–Trinajstić information content (AvgIpc) is 3.64. The van der Waals surface area contributed by atoms with Crippen LogP contribution in [0.5, 0.6) is 0 Å². The molecule has 0 radical (unpaired) electrons. The smallest absolute Gasteiger partial charge is 0.550 e. The summed E-state index contributed by atoms with van der Waals surface area (Å²) in [5, 5.41) is 36.3. The third-order valence-electron chi connectivity index (χ3n) is 7.53. The standard InChI is InChI=1S/C26H42N7O19P3S.Li/c1-26(2,21(39)24(40)29-7-6-15(34)28-8-9-56-17(37)5-3-4-16(35)36)11-49-55(46,47)52-54(44,45)48-10-14-20(51-53(41,42)43)19(38)25(50-14)33-13-32-18-22(27)30-12-31-23(18)33;/h12-14,19-21,25,38-39H,3-11H2,1-2H3,(H,28,34)(H,29,40)(H,35,36)(H,44,45)(H,46,47)(H2,27,30,31)(H2,41,42,43);/q;+1/p-1/t14-,19-,20-,21+,25-;/m1./s1. The van der Waals surface area contributed by atoms with Crippen molar-refractivity contribution in [2.45, 2.75) is 70.2 Å². The van der Waals surface area contributed by atoms with Crippen LogP contribution in [0.3, 0.4) is 0 Å². The minimum atomic E-state index is -5.59. The Labute approximate surface area is 339 Å². The van der Waals surface area contributed by atoms with Crippen LogP contribution in [0.25, 0.3) is 11.2 Å². The van der Waals surface area contributed by atoms with Gasteiger partial charge in [-0.25, -0.2) is 28.6 Å². The van der Waals surface area contributed by atoms with Crippen molar-refractivity contribution in [3.8, 4) is 0 Å². The minimum absolute atomic E-state index is 0. The van der Waals surface area contributed by atoms with E-state index in [4.69, 9.17) is 19.5 Å². The second-order valence-electron chi connectivity index (χ2n) is 12.5. The Kier molecular flexibility index (Phi) is 19.4. The van der Waals surface area contributed by atoms with Gasteiger partial charge in [0.15, 0.2) is 22.8 Å². The number of imidazole rings is 1. The third kappa shape index (κ3) is 16.3. The summed E-state index contributed by atoms with van der Waals surface area (Å²) in [6.07, 6.45) is -7.15. The Hall–Kier alpha value is -2.37. The van der Waals surface area contributed by atoms with Gasteiger partial charge in [0, 0.05) is 43.1 Å². The predicted molar refractivity (Wildman–Crippen MR) is 186 cm³/mol. The summed E-state index contributed by atoms with van der Waals surface area (Å²) < 4.78 is 61.9. The summed E-state index contributed by atoms with van der Waals surface area (Å²) >= 11 is 0.909. The van der Waals surface area contributed by atoms with E-state index in [0.29, 0.717) is 0 Å². The number of phosphoric ester groups is 3. The van der Waals surface area contributed by atoms with Crippen molar-refractivity contribution in [3.63, 3.8) is 0 Å². The number of hydrogen-bond donors (Lipinski definition) is 9. The molecule has 2 aromatic heterocycles. The quantitative estimate of drug-likeness (QED) is 0.0286. The molecule has 0 saturated carbocycles. The number of ether oxygens (including phenoxy) is 1. The summed E-state index contributed by atoms with van der Waals surface area (Å²) in [6.45, 7) is 0.243. The maximum Gasteiger partial charge on any atom is 1.00 e. The van der Waals surface area contributed by atoms with E-state index < -0.39 is 90.5 Å². The molecule has 3 heterocycles. The van der Waals surface area contributed by atoms with Gasteiger partial charge in [0.1, 0.15) is 36.3 Å². The maximum atomic E-state index is 12.7. The van der Waals surface area contributed by atoms with Crippen molar-refractivity contribution in [1.82, 2.24) is 30.2 Å². The topological polar surface area (TPSA) is 404 Å². The largest absolute Gasteiger partial charge is 1.00 e. The van der Waals surface area contributed by atoms with Gasteiger partial charge < -0.3 is 60.8 Å². The number of aliphatic hydroxyl groups is 2. The Balaban J connectivity index is 0.0000112. The summed E-state index contributed by atoms with van der Waals surface area (Å²) in [7, 11) is -16.4. The summed E-state index contributed by atoms with van der Waals surface area (Å²) in [5.41, 5.74) is 4.20. The Morgan fingerprint density at radius 1 is 1.04 bits per heavy atom. The van der Waals surface area contributed by atoms with E-state index in [2.05, 4.69) is 34.4 Å². The number of nitrogens with zero attached hydrogens (tertiary/aromatic N) is 4. The van der Waals surface area contributed by atoms with Crippen LogP contribution in [-0.4, -0.2) is 129 Å². The molecule has 0 aromatic carbocycles. The first-order valence-electron chi connectivity index (χ1n) is 16.2. The van der Waals surface area contributed by atoms with E-state index >= 15 is 0 Å². The van der Waals surface area contributed by atoms with E-state index in [0.717, 1.165) is 29.0 Å². The maximum absolute atomic E-state index is 12.7. The molecule has 57 heavy (non-hydrogen) atoms. The number of anilines is 1. The number of carbonyl (C=O) groups is 4. The fourth-order valence-electron chi connectivity index (χ4n) is 4.74. The van der Waals surface area contributed by atoms with Gasteiger partial charge in [-0.3, -0.25) is 32.5 Å². The van der Waals surface area contributed by atoms with Gasteiger partial charge in [-0.05, 0) is 12.8 Å². The molecule has 0 aliphatic carbocycles. The SMILES string of the molecule is CC(C)(COP(=O)(O)OP(=O)(O)OC[C@H]1O[C@@H](n2cnc3c(N)ncnc32)[C@H](O)[C@@H]1OP(=O)(O)O)[C@@H](O)C(=O)NCCC(=O)NCCSC(=O)CCCC(=O)[O-].[Li+]. The molecule has 0 bridgehead atoms. The van der Waals surface area contributed by atoms with Gasteiger partial charge in [0.05, 0.1) is 19.5 Å². The molecule has 1 aliphatic heterocycles. The molecule has 31 heteroatoms. The number of nitrogen functional groups attached to an aromatic ring is 1. The minimum Gasteiger partial charge on any atom is -0.550 e. The number of nitrogens with two attached hydrogens (primary N) is 1. The molecule has 2 amide bonds. The molecule has 1 aliphatic rings. The molecule has 1 saturated heterocycles. The fraction of sp³-hybridized carbons (Fsp3) is 0.654. The molecule has 0 spiro atoms. The Bertz CT molecular complexity index is 1870. The zero-order valence-corrected chi connectivity index (χ0v) is 34.0. The van der Waals surface area contributed by atoms with Crippen molar-refractivity contribution in [3.05, 3.63) is 12.7 Å². The Morgan fingerprint density at radius 2 is 1.70 bits per heavy atom. The van der Waals surface area contributed by atoms with Crippen molar-refractivity contribution in [2.24, 2.45) is 5.41 Å². The number of carboxylic acids is 1. The molecule has 10 N–H and O–H groups in total. The van der Waals surface area contributed by atoms with Crippen LogP contribution < -0.4 is 40.3 Å². The normalized spacial score (nSPS) is 21.2. The molecule has 7 atom stereocenters. The van der Waals surface area contributed by atoms with Crippen LogP contribution in [0.15, 0.2) is 12.7 Å². The predicted octanol–water partition coefficient (Wildman–Crippen LogP) is -5.41. The van der Waals surface area contributed by atoms with Gasteiger partial charge in [0.25, 0.3) is 0 Å². The molecule has 2 unspecified atom stereocenters. The summed E-state index contributed by atoms with van der Waals surface area (Å²) in [6, 6.07) is 0. The second-order valence-corrected chi connectivity index (χ2v) is 17.9. The van der Waals surface area contributed by atoms with Crippen LogP contribution in [0.1, 0.15) is 45.8 Å². The van der Waals surface area contributed by atoms with Gasteiger partial charge in [0.2, 0.25) is 11.8 Å². The van der Waals surface area contributed by atoms with E-state index in [1.54, 1.807) is 0 Å². The molecule has 3 rings (SSSR count). The van der Waals surface area contributed by atoms with Crippen molar-refractivity contribution in [1.29, 1.82) is 0 Å². The molecule has 2 aromatic rings. The number of carboxylic acid groups (broad SMARTS) is 1. The number of aromatic nitrogens is 4. The second kappa shape index (κ2) is 21.8. The first-order chi connectivity index (χ1) is 25.9. The van der Waals surface area contributed by atoms with Crippen LogP contribution in [-0.2, 0) is 55.5 Å². The van der Waals surface area contributed by atoms with Crippen molar-refractivity contribution >= 4 is 75.1 Å². The van der Waals surface area contributed by atoms with Gasteiger partial charge in [-0.2, -0.15) is 4.31 Å². The van der Waals surface area contributed by atoms with Crippen molar-refractivity contribution < 1.29 is 109 Å². The monoisotopic (exact) mass is 887 g/mol. The zero-order valence-electron chi connectivity index (χ0n) is 30.5. The number of aliphatic carboxylic acids is 1. The number of phosphoric acid groups is 3. The first kappa shape index (κ1) is 50.8. The van der Waals surface area contributed by atoms with Gasteiger partial charge in [-0.15, -0.1) is 0 Å². The molecule has 1 fully saturated rings. The number of rotatable bonds is 23. The van der Waals surface area contributed by atoms with E-state index in [-0.39, 0.29) is 85.5 Å². The number of aliphatic hydroxyl groups excluding tert-OH is 2. The number of thioether (sulfide) groups is 1. The van der Waals surface area contributed by atoms with Crippen LogP contribution in [0.2, 0.25) is 0 Å². The zero-order chi connectivity index (χ0) is 42.1. The van der Waals surface area contributed by atoms with Crippen molar-refractivity contribution in [2.75, 3.05) is 37.8 Å². The summed E-state index contributed by atoms with van der Waals surface area (Å²) in [4.78, 5) is 97.4. The number of hydrogen-bond acceptors (Lipinski definition) is 20. The van der Waals surface area contributed by atoms with E-state index in [1.165, 1.54) is 13.8 Å². The molecule has 316 valence electrons. The average molecular weight is 888 g/mol. The van der Waals surface area contributed by atoms with Gasteiger partial charge in [-0.1, -0.05) is 25.6 Å². The number of carbonyl (C=O) groups excluding carboxylic acids is 4. The van der Waals surface area contributed by atoms with Gasteiger partial charge >= 0.3 is 42.3 Å². The fourth-order valence-corrected chi connectivity index (χ4v) is 8.29. The number of amides is 2. The number of nitrogens with one attached hydrogen (secondary N) is 2. The summed E-state index contributed by atoms with van der Waals surface area (Å²) in [5.74, 6) is -2.61. The van der Waals surface area contributed by atoms with Crippen LogP contribution in [0.4, 0.5) is 5.82 Å². The van der Waals surface area contributed by atoms with Crippen LogP contribution in [0, 0.1) is 5.41 Å². The first-order valence-corrected chi connectivity index (χ1v) is 21.7. The van der Waals surface area contributed by atoms with E-state index in [1.807, 2.05) is 0 Å². The van der Waals surface area contributed by atoms with Crippen LogP contribution >= 0.6 is 35.2 Å².